The molecule has 1 aliphatic heterocycles. The molecule has 3 rings (SSSR count). The van der Waals surface area contributed by atoms with Crippen molar-refractivity contribution in [2.45, 2.75) is 62.2 Å². The molecule has 142 valence electrons. The van der Waals surface area contributed by atoms with Crippen LogP contribution in [-0.4, -0.2) is 39.9 Å². The maximum atomic E-state index is 12.2. The molecular formula is C19H26N2O4S. The van der Waals surface area contributed by atoms with Gasteiger partial charge in [-0.05, 0) is 64.0 Å². The van der Waals surface area contributed by atoms with Crippen LogP contribution in [0.5, 0.6) is 0 Å². The van der Waals surface area contributed by atoms with Gasteiger partial charge in [0, 0.05) is 35.4 Å². The molecule has 0 atom stereocenters. The van der Waals surface area contributed by atoms with E-state index in [4.69, 9.17) is 4.74 Å². The van der Waals surface area contributed by atoms with Crippen molar-refractivity contribution >= 4 is 23.5 Å². The van der Waals surface area contributed by atoms with Crippen LogP contribution in [-0.2, 0) is 4.74 Å². The predicted octanol–water partition coefficient (Wildman–Crippen LogP) is 4.87. The highest BCUT2D eigenvalue weighted by molar-refractivity contribution is 8.00. The normalized spacial score (nSPS) is 19.9. The quantitative estimate of drug-likeness (QED) is 0.554. The second kappa shape index (κ2) is 7.10. The summed E-state index contributed by atoms with van der Waals surface area (Å²) in [6.07, 6.45) is 4.16. The van der Waals surface area contributed by atoms with Crippen LogP contribution in [0.15, 0.2) is 29.2 Å². The molecule has 2 fully saturated rings. The van der Waals surface area contributed by atoms with Gasteiger partial charge in [0.15, 0.2) is 0 Å². The van der Waals surface area contributed by atoms with E-state index in [2.05, 4.69) is 0 Å². The number of amides is 1. The van der Waals surface area contributed by atoms with Gasteiger partial charge in [-0.15, -0.1) is 11.8 Å². The first-order valence-electron chi connectivity index (χ1n) is 9.05. The fourth-order valence-corrected chi connectivity index (χ4v) is 5.28. The standard InChI is InChI=1S/C19H26N2O4S/c1-18(2,3)25-17(22)20-10-8-19(9-11-20)12-16(13-19)26-15-6-4-14(5-7-15)21(23)24/h4-7,16H,8-13H2,1-3H3. The molecule has 0 bridgehead atoms. The summed E-state index contributed by atoms with van der Waals surface area (Å²) >= 11 is 1.81. The van der Waals surface area contributed by atoms with Gasteiger partial charge in [-0.3, -0.25) is 10.1 Å². The fourth-order valence-electron chi connectivity index (χ4n) is 3.73. The van der Waals surface area contributed by atoms with E-state index in [0.29, 0.717) is 10.7 Å². The van der Waals surface area contributed by atoms with Gasteiger partial charge in [-0.2, -0.15) is 0 Å². The van der Waals surface area contributed by atoms with Gasteiger partial charge in [0.05, 0.1) is 4.92 Å². The number of nitro groups is 1. The number of hydrogen-bond acceptors (Lipinski definition) is 5. The minimum Gasteiger partial charge on any atom is -0.444 e. The van der Waals surface area contributed by atoms with E-state index in [1.165, 1.54) is 0 Å². The Morgan fingerprint density at radius 2 is 1.81 bits per heavy atom. The van der Waals surface area contributed by atoms with Crippen molar-refractivity contribution in [1.82, 2.24) is 4.90 Å². The Kier molecular flexibility index (Phi) is 5.19. The Hall–Kier alpha value is -1.76. The second-order valence-corrected chi connectivity index (χ2v) is 9.74. The first kappa shape index (κ1) is 19.0. The van der Waals surface area contributed by atoms with Crippen molar-refractivity contribution in [3.63, 3.8) is 0 Å². The largest absolute Gasteiger partial charge is 0.444 e. The Morgan fingerprint density at radius 1 is 1.23 bits per heavy atom. The molecule has 26 heavy (non-hydrogen) atoms. The number of nitrogens with zero attached hydrogens (tertiary/aromatic N) is 2. The smallest absolute Gasteiger partial charge is 0.410 e. The minimum absolute atomic E-state index is 0.133. The summed E-state index contributed by atoms with van der Waals surface area (Å²) in [5.41, 5.74) is 0.0421. The summed E-state index contributed by atoms with van der Waals surface area (Å²) in [4.78, 5) is 25.4. The Balaban J connectivity index is 1.45. The molecular weight excluding hydrogens is 352 g/mol. The monoisotopic (exact) mass is 378 g/mol. The average molecular weight is 378 g/mol. The molecule has 1 aromatic carbocycles. The van der Waals surface area contributed by atoms with Crippen molar-refractivity contribution in [3.05, 3.63) is 34.4 Å². The number of rotatable bonds is 3. The van der Waals surface area contributed by atoms with E-state index < -0.39 is 5.60 Å². The lowest BCUT2D eigenvalue weighted by Crippen LogP contribution is -2.50. The first-order chi connectivity index (χ1) is 12.2. The van der Waals surface area contributed by atoms with Crippen molar-refractivity contribution in [2.75, 3.05) is 13.1 Å². The predicted molar refractivity (Wildman–Crippen MR) is 101 cm³/mol. The molecule has 0 N–H and O–H groups in total. The van der Waals surface area contributed by atoms with Gasteiger partial charge in [0.1, 0.15) is 5.60 Å². The van der Waals surface area contributed by atoms with Crippen LogP contribution >= 0.6 is 11.8 Å². The third-order valence-electron chi connectivity index (χ3n) is 5.15. The highest BCUT2D eigenvalue weighted by Crippen LogP contribution is 2.54. The van der Waals surface area contributed by atoms with Crippen LogP contribution in [0.3, 0.4) is 0 Å². The molecule has 1 spiro atoms. The zero-order chi connectivity index (χ0) is 18.9. The van der Waals surface area contributed by atoms with E-state index in [1.54, 1.807) is 23.9 Å². The summed E-state index contributed by atoms with van der Waals surface area (Å²) in [5.74, 6) is 0. The van der Waals surface area contributed by atoms with E-state index in [0.717, 1.165) is 43.7 Å². The third-order valence-corrected chi connectivity index (χ3v) is 6.36. The molecule has 1 saturated heterocycles. The molecule has 1 amide bonds. The maximum Gasteiger partial charge on any atom is 0.410 e. The lowest BCUT2D eigenvalue weighted by molar-refractivity contribution is -0.384. The van der Waals surface area contributed by atoms with E-state index in [-0.39, 0.29) is 16.7 Å². The molecule has 1 aliphatic carbocycles. The third kappa shape index (κ3) is 4.50. The maximum absolute atomic E-state index is 12.2. The number of hydrogen-bond donors (Lipinski definition) is 0. The lowest BCUT2D eigenvalue weighted by Gasteiger charge is -2.52. The Bertz CT molecular complexity index is 668. The van der Waals surface area contributed by atoms with Crippen LogP contribution in [0.4, 0.5) is 10.5 Å². The van der Waals surface area contributed by atoms with Crippen LogP contribution < -0.4 is 0 Å². The molecule has 1 heterocycles. The number of ether oxygens (including phenoxy) is 1. The molecule has 1 saturated carbocycles. The van der Waals surface area contributed by atoms with Crippen molar-refractivity contribution < 1.29 is 14.5 Å². The SMILES string of the molecule is CC(C)(C)OC(=O)N1CCC2(CC1)CC(Sc1ccc([N+](=O)[O-])cc1)C2. The molecule has 0 radical (unpaired) electrons. The van der Waals surface area contributed by atoms with E-state index >= 15 is 0 Å². The number of benzene rings is 1. The Morgan fingerprint density at radius 3 is 2.31 bits per heavy atom. The van der Waals surface area contributed by atoms with Gasteiger partial charge in [0.25, 0.3) is 5.69 Å². The number of carbonyl (C=O) groups is 1. The van der Waals surface area contributed by atoms with Crippen molar-refractivity contribution in [2.24, 2.45) is 5.41 Å². The number of non-ortho nitro benzene ring substituents is 1. The summed E-state index contributed by atoms with van der Waals surface area (Å²) in [6, 6.07) is 6.80. The number of carbonyl (C=O) groups excluding carboxylic acids is 1. The fraction of sp³-hybridized carbons (Fsp3) is 0.632. The second-order valence-electron chi connectivity index (χ2n) is 8.37. The van der Waals surface area contributed by atoms with Gasteiger partial charge >= 0.3 is 6.09 Å². The lowest BCUT2D eigenvalue weighted by atomic mass is 9.63. The number of likely N-dealkylation sites (tertiary alicyclic amines) is 1. The molecule has 7 heteroatoms. The van der Waals surface area contributed by atoms with Crippen LogP contribution in [0, 0.1) is 15.5 Å². The topological polar surface area (TPSA) is 72.7 Å². The zero-order valence-corrected chi connectivity index (χ0v) is 16.4. The van der Waals surface area contributed by atoms with Crippen molar-refractivity contribution in [1.29, 1.82) is 0 Å². The first-order valence-corrected chi connectivity index (χ1v) is 9.93. The van der Waals surface area contributed by atoms with Crippen LogP contribution in [0.2, 0.25) is 0 Å². The van der Waals surface area contributed by atoms with Gasteiger partial charge in [-0.25, -0.2) is 4.79 Å². The van der Waals surface area contributed by atoms with Crippen LogP contribution in [0.1, 0.15) is 46.5 Å². The number of thioether (sulfide) groups is 1. The van der Waals surface area contributed by atoms with E-state index in [1.807, 2.05) is 37.8 Å². The highest BCUT2D eigenvalue weighted by atomic mass is 32.2. The summed E-state index contributed by atoms with van der Waals surface area (Å²) < 4.78 is 5.46. The number of piperidine rings is 1. The molecule has 1 aromatic rings. The Labute approximate surface area is 158 Å². The summed E-state index contributed by atoms with van der Waals surface area (Å²) in [6.45, 7) is 7.21. The summed E-state index contributed by atoms with van der Waals surface area (Å²) in [7, 11) is 0. The average Bonchev–Trinajstić information content (AvgIpc) is 2.53. The van der Waals surface area contributed by atoms with Crippen molar-refractivity contribution in [3.8, 4) is 0 Å². The molecule has 2 aliphatic rings. The highest BCUT2D eigenvalue weighted by Gasteiger charge is 2.47. The van der Waals surface area contributed by atoms with Gasteiger partial charge < -0.3 is 9.64 Å². The summed E-state index contributed by atoms with van der Waals surface area (Å²) in [5, 5.41) is 11.3. The molecule has 0 aromatic heterocycles. The molecule has 0 unspecified atom stereocenters. The van der Waals surface area contributed by atoms with E-state index in [9.17, 15) is 14.9 Å². The minimum atomic E-state index is -0.449. The van der Waals surface area contributed by atoms with Gasteiger partial charge in [0.2, 0.25) is 0 Å². The van der Waals surface area contributed by atoms with Gasteiger partial charge in [-0.1, -0.05) is 0 Å². The molecule has 6 nitrogen and oxygen atoms in total. The zero-order valence-electron chi connectivity index (χ0n) is 15.6. The van der Waals surface area contributed by atoms with Crippen LogP contribution in [0.25, 0.3) is 0 Å². The number of nitro benzene ring substituents is 1.